The zero-order valence-corrected chi connectivity index (χ0v) is 14.6. The van der Waals surface area contributed by atoms with E-state index in [-0.39, 0.29) is 12.3 Å². The van der Waals surface area contributed by atoms with E-state index in [1.165, 1.54) is 0 Å². The minimum Gasteiger partial charge on any atom is -0.380 e. The standard InChI is InChI=1S/C23H23NO2/c25-22(24-18-19-10-4-1-5-11-19)16-17-23(26,20-12-6-2-7-13-20)21-14-8-3-9-15-21/h1-15,26H,16-18H2,(H,24,25). The highest BCUT2D eigenvalue weighted by atomic mass is 16.3. The zero-order valence-electron chi connectivity index (χ0n) is 14.6. The Labute approximate surface area is 154 Å². The number of amides is 1. The third-order valence-electron chi connectivity index (χ3n) is 4.55. The first-order valence-electron chi connectivity index (χ1n) is 8.82. The Morgan fingerprint density at radius 2 is 1.23 bits per heavy atom. The van der Waals surface area contributed by atoms with Gasteiger partial charge in [-0.25, -0.2) is 0 Å². The lowest BCUT2D eigenvalue weighted by molar-refractivity contribution is -0.122. The van der Waals surface area contributed by atoms with Crippen LogP contribution in [0.15, 0.2) is 91.0 Å². The highest BCUT2D eigenvalue weighted by Gasteiger charge is 2.31. The van der Waals surface area contributed by atoms with Gasteiger partial charge in [0.15, 0.2) is 0 Å². The van der Waals surface area contributed by atoms with Gasteiger partial charge >= 0.3 is 0 Å². The largest absolute Gasteiger partial charge is 0.380 e. The molecule has 0 aliphatic carbocycles. The number of hydrogen-bond donors (Lipinski definition) is 2. The highest BCUT2D eigenvalue weighted by molar-refractivity contribution is 5.76. The number of nitrogens with one attached hydrogen (secondary N) is 1. The average Bonchev–Trinajstić information content (AvgIpc) is 2.72. The lowest BCUT2D eigenvalue weighted by Gasteiger charge is -2.29. The van der Waals surface area contributed by atoms with Crippen LogP contribution in [0.1, 0.15) is 29.5 Å². The second kappa shape index (κ2) is 8.45. The molecule has 132 valence electrons. The second-order valence-corrected chi connectivity index (χ2v) is 6.35. The van der Waals surface area contributed by atoms with Crippen molar-refractivity contribution in [3.05, 3.63) is 108 Å². The Morgan fingerprint density at radius 3 is 1.73 bits per heavy atom. The van der Waals surface area contributed by atoms with Crippen LogP contribution in [0, 0.1) is 0 Å². The molecule has 0 fully saturated rings. The molecule has 0 heterocycles. The molecule has 3 aromatic rings. The van der Waals surface area contributed by atoms with Crippen LogP contribution >= 0.6 is 0 Å². The van der Waals surface area contributed by atoms with E-state index in [0.717, 1.165) is 16.7 Å². The average molecular weight is 345 g/mol. The Bertz CT molecular complexity index is 777. The first-order valence-corrected chi connectivity index (χ1v) is 8.82. The maximum Gasteiger partial charge on any atom is 0.220 e. The molecular weight excluding hydrogens is 322 g/mol. The van der Waals surface area contributed by atoms with Gasteiger partial charge in [0.25, 0.3) is 0 Å². The lowest BCUT2D eigenvalue weighted by atomic mass is 9.82. The number of rotatable bonds is 7. The predicted octanol–water partition coefficient (Wildman–Crippen LogP) is 4.02. The van der Waals surface area contributed by atoms with Gasteiger partial charge in [-0.2, -0.15) is 0 Å². The zero-order chi connectivity index (χ0) is 18.2. The van der Waals surface area contributed by atoms with E-state index < -0.39 is 5.60 Å². The Morgan fingerprint density at radius 1 is 0.769 bits per heavy atom. The molecule has 0 saturated carbocycles. The van der Waals surface area contributed by atoms with E-state index in [0.29, 0.717) is 13.0 Å². The van der Waals surface area contributed by atoms with Gasteiger partial charge < -0.3 is 10.4 Å². The van der Waals surface area contributed by atoms with Gasteiger partial charge in [0.05, 0.1) is 0 Å². The van der Waals surface area contributed by atoms with Crippen molar-refractivity contribution < 1.29 is 9.90 Å². The fraction of sp³-hybridized carbons (Fsp3) is 0.174. The van der Waals surface area contributed by atoms with Crippen LogP contribution in [0.3, 0.4) is 0 Å². The quantitative estimate of drug-likeness (QED) is 0.679. The van der Waals surface area contributed by atoms with Crippen molar-refractivity contribution >= 4 is 5.91 Å². The molecule has 0 aliphatic heterocycles. The summed E-state index contributed by atoms with van der Waals surface area (Å²) in [5.41, 5.74) is 1.46. The summed E-state index contributed by atoms with van der Waals surface area (Å²) in [6.45, 7) is 0.495. The molecule has 0 radical (unpaired) electrons. The Hall–Kier alpha value is -2.91. The van der Waals surface area contributed by atoms with Crippen LogP contribution in [0.4, 0.5) is 0 Å². The third-order valence-corrected chi connectivity index (χ3v) is 4.55. The Kier molecular flexibility index (Phi) is 5.82. The molecule has 0 unspecified atom stereocenters. The van der Waals surface area contributed by atoms with E-state index >= 15 is 0 Å². The molecule has 3 aromatic carbocycles. The van der Waals surface area contributed by atoms with E-state index in [1.54, 1.807) is 0 Å². The summed E-state index contributed by atoms with van der Waals surface area (Å²) in [5, 5.41) is 14.3. The Balaban J connectivity index is 1.70. The number of carbonyl (C=O) groups is 1. The third kappa shape index (κ3) is 4.38. The van der Waals surface area contributed by atoms with Gasteiger partial charge in [-0.3, -0.25) is 4.79 Å². The van der Waals surface area contributed by atoms with Gasteiger partial charge in [-0.1, -0.05) is 91.0 Å². The first-order chi connectivity index (χ1) is 12.7. The summed E-state index contributed by atoms with van der Waals surface area (Å²) in [6.07, 6.45) is 0.564. The van der Waals surface area contributed by atoms with Crippen LogP contribution in [0.2, 0.25) is 0 Å². The maximum absolute atomic E-state index is 12.3. The predicted molar refractivity (Wildman–Crippen MR) is 103 cm³/mol. The molecule has 3 heteroatoms. The maximum atomic E-state index is 12.3. The van der Waals surface area contributed by atoms with Crippen molar-refractivity contribution in [3.8, 4) is 0 Å². The topological polar surface area (TPSA) is 49.3 Å². The minimum atomic E-state index is -1.19. The summed E-state index contributed by atoms with van der Waals surface area (Å²) in [7, 11) is 0. The molecule has 0 spiro atoms. The first kappa shape index (κ1) is 17.9. The molecule has 0 aliphatic rings. The molecule has 0 atom stereocenters. The van der Waals surface area contributed by atoms with Gasteiger partial charge in [-0.05, 0) is 23.1 Å². The SMILES string of the molecule is O=C(CCC(O)(c1ccccc1)c1ccccc1)NCc1ccccc1. The summed E-state index contributed by atoms with van der Waals surface area (Å²) in [5.74, 6) is -0.0702. The van der Waals surface area contributed by atoms with E-state index in [1.807, 2.05) is 91.0 Å². The molecular formula is C23H23NO2. The molecule has 26 heavy (non-hydrogen) atoms. The van der Waals surface area contributed by atoms with Gasteiger partial charge in [-0.15, -0.1) is 0 Å². The molecule has 3 rings (SSSR count). The van der Waals surface area contributed by atoms with E-state index in [2.05, 4.69) is 5.32 Å². The molecule has 1 amide bonds. The van der Waals surface area contributed by atoms with Gasteiger partial charge in [0.1, 0.15) is 5.60 Å². The van der Waals surface area contributed by atoms with Crippen molar-refractivity contribution in [1.82, 2.24) is 5.32 Å². The molecule has 0 bridgehead atoms. The normalized spacial score (nSPS) is 11.1. The highest BCUT2D eigenvalue weighted by Crippen LogP contribution is 2.33. The molecule has 2 N–H and O–H groups in total. The summed E-state index contributed by atoms with van der Waals surface area (Å²) < 4.78 is 0. The second-order valence-electron chi connectivity index (χ2n) is 6.35. The van der Waals surface area contributed by atoms with Crippen LogP contribution in [-0.2, 0) is 16.9 Å². The number of hydrogen-bond acceptors (Lipinski definition) is 2. The molecule has 0 saturated heterocycles. The fourth-order valence-corrected chi connectivity index (χ4v) is 3.06. The number of carbonyl (C=O) groups excluding carboxylic acids is 1. The van der Waals surface area contributed by atoms with E-state index in [4.69, 9.17) is 0 Å². The summed E-state index contributed by atoms with van der Waals surface area (Å²) in [6, 6.07) is 28.8. The van der Waals surface area contributed by atoms with Crippen molar-refractivity contribution in [3.63, 3.8) is 0 Å². The number of aliphatic hydroxyl groups is 1. The summed E-state index contributed by atoms with van der Waals surface area (Å²) in [4.78, 5) is 12.3. The van der Waals surface area contributed by atoms with Crippen molar-refractivity contribution in [1.29, 1.82) is 0 Å². The van der Waals surface area contributed by atoms with Crippen LogP contribution in [0.25, 0.3) is 0 Å². The summed E-state index contributed by atoms with van der Waals surface area (Å²) >= 11 is 0. The van der Waals surface area contributed by atoms with Crippen molar-refractivity contribution in [2.75, 3.05) is 0 Å². The fourth-order valence-electron chi connectivity index (χ4n) is 3.06. The van der Waals surface area contributed by atoms with Crippen LogP contribution < -0.4 is 5.32 Å². The van der Waals surface area contributed by atoms with Crippen LogP contribution in [-0.4, -0.2) is 11.0 Å². The number of benzene rings is 3. The van der Waals surface area contributed by atoms with Crippen LogP contribution in [0.5, 0.6) is 0 Å². The lowest BCUT2D eigenvalue weighted by Crippen LogP contribution is -2.31. The molecule has 0 aromatic heterocycles. The smallest absolute Gasteiger partial charge is 0.220 e. The van der Waals surface area contributed by atoms with E-state index in [9.17, 15) is 9.90 Å². The minimum absolute atomic E-state index is 0.0702. The van der Waals surface area contributed by atoms with Crippen molar-refractivity contribution in [2.24, 2.45) is 0 Å². The monoisotopic (exact) mass is 345 g/mol. The van der Waals surface area contributed by atoms with Gasteiger partial charge in [0.2, 0.25) is 5.91 Å². The van der Waals surface area contributed by atoms with Crippen molar-refractivity contribution in [2.45, 2.75) is 25.0 Å². The molecule has 3 nitrogen and oxygen atoms in total. The van der Waals surface area contributed by atoms with Gasteiger partial charge in [0, 0.05) is 13.0 Å².